The van der Waals surface area contributed by atoms with E-state index in [2.05, 4.69) is 0 Å². The lowest BCUT2D eigenvalue weighted by molar-refractivity contribution is -0.137. The van der Waals surface area contributed by atoms with Gasteiger partial charge in [-0.25, -0.2) is 4.39 Å². The summed E-state index contributed by atoms with van der Waals surface area (Å²) in [4.78, 5) is 0. The number of rotatable bonds is 1. The third-order valence-corrected chi connectivity index (χ3v) is 3.68. The van der Waals surface area contributed by atoms with Crippen LogP contribution < -0.4 is 5.73 Å². The fourth-order valence-electron chi connectivity index (χ4n) is 2.47. The Hall–Kier alpha value is -1.14. The second kappa shape index (κ2) is 4.76. The molecule has 0 unspecified atom stereocenters. The Morgan fingerprint density at radius 2 is 1.79 bits per heavy atom. The molecule has 0 aromatic heterocycles. The summed E-state index contributed by atoms with van der Waals surface area (Å²) in [6.07, 6.45) is -3.75. The maximum absolute atomic E-state index is 13.8. The van der Waals surface area contributed by atoms with Crippen LogP contribution in [0.15, 0.2) is 18.2 Å². The minimum atomic E-state index is -4.52. The van der Waals surface area contributed by atoms with Crippen molar-refractivity contribution in [1.29, 1.82) is 0 Å². The van der Waals surface area contributed by atoms with E-state index < -0.39 is 29.2 Å². The molecule has 0 amide bonds. The van der Waals surface area contributed by atoms with E-state index in [1.165, 1.54) is 0 Å². The Morgan fingerprint density at radius 3 is 2.32 bits per heavy atom. The first-order valence-corrected chi connectivity index (χ1v) is 6.06. The number of benzene rings is 1. The van der Waals surface area contributed by atoms with E-state index in [9.17, 15) is 22.7 Å². The van der Waals surface area contributed by atoms with Gasteiger partial charge in [0.15, 0.2) is 0 Å². The molecule has 0 atom stereocenters. The highest BCUT2D eigenvalue weighted by Crippen LogP contribution is 2.39. The van der Waals surface area contributed by atoms with Gasteiger partial charge in [0, 0.05) is 11.1 Å². The SMILES string of the molecule is NC1(c2cc(C(F)(F)F)ccc2F)CCC(O)CC1. The molecule has 1 aliphatic rings. The molecule has 0 saturated heterocycles. The average Bonchev–Trinajstić information content (AvgIpc) is 2.32. The Kier molecular flexibility index (Phi) is 3.57. The molecule has 106 valence electrons. The van der Waals surface area contributed by atoms with E-state index in [1.54, 1.807) is 0 Å². The Morgan fingerprint density at radius 1 is 1.21 bits per heavy atom. The second-order valence-electron chi connectivity index (χ2n) is 5.08. The summed E-state index contributed by atoms with van der Waals surface area (Å²) >= 11 is 0. The first-order chi connectivity index (χ1) is 8.72. The molecule has 1 fully saturated rings. The van der Waals surface area contributed by atoms with Crippen molar-refractivity contribution in [2.75, 3.05) is 0 Å². The van der Waals surface area contributed by atoms with Crippen molar-refractivity contribution in [2.24, 2.45) is 5.73 Å². The maximum atomic E-state index is 13.8. The molecule has 2 nitrogen and oxygen atoms in total. The summed E-state index contributed by atoms with van der Waals surface area (Å²) in [6, 6.07) is 2.30. The zero-order valence-corrected chi connectivity index (χ0v) is 10.2. The fourth-order valence-corrected chi connectivity index (χ4v) is 2.47. The number of hydrogen-bond donors (Lipinski definition) is 2. The third kappa shape index (κ3) is 2.90. The number of aliphatic hydroxyl groups excluding tert-OH is 1. The lowest BCUT2D eigenvalue weighted by Gasteiger charge is -2.36. The van der Waals surface area contributed by atoms with Gasteiger partial charge in [-0.05, 0) is 43.9 Å². The fraction of sp³-hybridized carbons (Fsp3) is 0.538. The van der Waals surface area contributed by atoms with Crippen molar-refractivity contribution < 1.29 is 22.7 Å². The minimum absolute atomic E-state index is 0.116. The zero-order chi connectivity index (χ0) is 14.3. The standard InChI is InChI=1S/C13H15F4NO/c14-11-2-1-8(13(15,16)17)7-10(11)12(18)5-3-9(19)4-6-12/h1-2,7,9,19H,3-6,18H2. The smallest absolute Gasteiger partial charge is 0.393 e. The van der Waals surface area contributed by atoms with Crippen molar-refractivity contribution in [3.63, 3.8) is 0 Å². The van der Waals surface area contributed by atoms with Gasteiger partial charge in [0.05, 0.1) is 11.7 Å². The van der Waals surface area contributed by atoms with E-state index in [0.717, 1.165) is 12.1 Å². The largest absolute Gasteiger partial charge is 0.416 e. The minimum Gasteiger partial charge on any atom is -0.393 e. The van der Waals surface area contributed by atoms with Gasteiger partial charge >= 0.3 is 6.18 Å². The molecule has 1 saturated carbocycles. The van der Waals surface area contributed by atoms with Crippen LogP contribution in [0.3, 0.4) is 0 Å². The summed E-state index contributed by atoms with van der Waals surface area (Å²) in [7, 11) is 0. The number of alkyl halides is 3. The van der Waals surface area contributed by atoms with Crippen molar-refractivity contribution >= 4 is 0 Å². The van der Waals surface area contributed by atoms with E-state index in [4.69, 9.17) is 5.73 Å². The molecule has 0 spiro atoms. The van der Waals surface area contributed by atoms with E-state index in [-0.39, 0.29) is 18.4 Å². The van der Waals surface area contributed by atoms with Gasteiger partial charge in [0.25, 0.3) is 0 Å². The highest BCUT2D eigenvalue weighted by molar-refractivity contribution is 5.33. The predicted molar refractivity (Wildman–Crippen MR) is 61.7 cm³/mol. The Balaban J connectivity index is 2.38. The van der Waals surface area contributed by atoms with Gasteiger partial charge in [-0.1, -0.05) is 0 Å². The molecule has 3 N–H and O–H groups in total. The van der Waals surface area contributed by atoms with Crippen LogP contribution in [0.2, 0.25) is 0 Å². The first kappa shape index (κ1) is 14.3. The van der Waals surface area contributed by atoms with E-state index >= 15 is 0 Å². The van der Waals surface area contributed by atoms with Gasteiger partial charge in [-0.3, -0.25) is 0 Å². The average molecular weight is 277 g/mol. The lowest BCUT2D eigenvalue weighted by Crippen LogP contribution is -2.42. The molecule has 19 heavy (non-hydrogen) atoms. The number of hydrogen-bond acceptors (Lipinski definition) is 2. The summed E-state index contributed by atoms with van der Waals surface area (Å²) in [5.41, 5.74) is 3.88. The molecule has 1 aromatic rings. The predicted octanol–water partition coefficient (Wildman–Crippen LogP) is 2.93. The van der Waals surface area contributed by atoms with Gasteiger partial charge in [0.1, 0.15) is 5.82 Å². The monoisotopic (exact) mass is 277 g/mol. The third-order valence-electron chi connectivity index (χ3n) is 3.68. The van der Waals surface area contributed by atoms with Crippen molar-refractivity contribution in [1.82, 2.24) is 0 Å². The van der Waals surface area contributed by atoms with Crippen molar-refractivity contribution in [3.8, 4) is 0 Å². The second-order valence-corrected chi connectivity index (χ2v) is 5.08. The number of nitrogens with two attached hydrogens (primary N) is 1. The summed E-state index contributed by atoms with van der Waals surface area (Å²) < 4.78 is 51.7. The van der Waals surface area contributed by atoms with Gasteiger partial charge in [-0.2, -0.15) is 13.2 Å². The van der Waals surface area contributed by atoms with Crippen LogP contribution in [0.25, 0.3) is 0 Å². The van der Waals surface area contributed by atoms with Crippen LogP contribution in [-0.2, 0) is 11.7 Å². The Bertz CT molecular complexity index is 464. The highest BCUT2D eigenvalue weighted by atomic mass is 19.4. The molecular formula is C13H15F4NO. The molecule has 1 aliphatic carbocycles. The quantitative estimate of drug-likeness (QED) is 0.775. The topological polar surface area (TPSA) is 46.2 Å². The van der Waals surface area contributed by atoms with E-state index in [1.807, 2.05) is 0 Å². The van der Waals surface area contributed by atoms with Crippen LogP contribution in [0.1, 0.15) is 36.8 Å². The van der Waals surface area contributed by atoms with Crippen LogP contribution in [0.5, 0.6) is 0 Å². The van der Waals surface area contributed by atoms with Crippen LogP contribution in [0.4, 0.5) is 17.6 Å². The van der Waals surface area contributed by atoms with Gasteiger partial charge in [0.2, 0.25) is 0 Å². The summed E-state index contributed by atoms with van der Waals surface area (Å²) in [6.45, 7) is 0. The molecule has 2 rings (SSSR count). The maximum Gasteiger partial charge on any atom is 0.416 e. The van der Waals surface area contributed by atoms with Crippen molar-refractivity contribution in [3.05, 3.63) is 35.1 Å². The highest BCUT2D eigenvalue weighted by Gasteiger charge is 2.37. The van der Waals surface area contributed by atoms with Crippen molar-refractivity contribution in [2.45, 2.75) is 43.5 Å². The van der Waals surface area contributed by atoms with Crippen LogP contribution in [0, 0.1) is 5.82 Å². The first-order valence-electron chi connectivity index (χ1n) is 6.06. The van der Waals surface area contributed by atoms with Crippen LogP contribution >= 0.6 is 0 Å². The number of aliphatic hydroxyl groups is 1. The Labute approximate surface area is 108 Å². The van der Waals surface area contributed by atoms with Crippen LogP contribution in [-0.4, -0.2) is 11.2 Å². The molecule has 0 heterocycles. The molecule has 6 heteroatoms. The summed E-state index contributed by atoms with van der Waals surface area (Å²) in [5, 5.41) is 9.41. The molecule has 0 bridgehead atoms. The van der Waals surface area contributed by atoms with Gasteiger partial charge in [-0.15, -0.1) is 0 Å². The molecule has 0 aliphatic heterocycles. The van der Waals surface area contributed by atoms with Gasteiger partial charge < -0.3 is 10.8 Å². The zero-order valence-electron chi connectivity index (χ0n) is 10.2. The summed E-state index contributed by atoms with van der Waals surface area (Å²) in [5.74, 6) is -0.730. The molecular weight excluding hydrogens is 262 g/mol. The normalized spacial score (nSPS) is 28.4. The lowest BCUT2D eigenvalue weighted by atomic mass is 9.76. The molecule has 0 radical (unpaired) electrons. The number of halogens is 4. The molecule has 1 aromatic carbocycles. The van der Waals surface area contributed by atoms with E-state index in [0.29, 0.717) is 18.9 Å².